The van der Waals surface area contributed by atoms with E-state index in [1.54, 1.807) is 14.2 Å². The standard InChI is InChI=1S/C16H31N3O4/c1-17-16(18-8-5-4-6-15(20)22-3)19-9-7-14(12-19)13-23-11-10-21-2/h14H,4-13H2,1-3H3,(H,17,18). The molecule has 1 fully saturated rings. The average Bonchev–Trinajstić information content (AvgIpc) is 3.03. The number of carbonyl (C=O) groups excluding carboxylic acids is 1. The van der Waals surface area contributed by atoms with Crippen molar-refractivity contribution in [3.63, 3.8) is 0 Å². The summed E-state index contributed by atoms with van der Waals surface area (Å²) >= 11 is 0. The van der Waals surface area contributed by atoms with Crippen molar-refractivity contribution in [2.45, 2.75) is 25.7 Å². The number of hydrogen-bond acceptors (Lipinski definition) is 5. The van der Waals surface area contributed by atoms with Crippen molar-refractivity contribution >= 4 is 11.9 Å². The van der Waals surface area contributed by atoms with Crippen molar-refractivity contribution < 1.29 is 19.0 Å². The molecule has 0 bridgehead atoms. The molecule has 0 amide bonds. The number of ether oxygens (including phenoxy) is 3. The van der Waals surface area contributed by atoms with Crippen LogP contribution >= 0.6 is 0 Å². The van der Waals surface area contributed by atoms with Gasteiger partial charge in [0.2, 0.25) is 0 Å². The number of hydrogen-bond donors (Lipinski definition) is 1. The van der Waals surface area contributed by atoms with Crippen molar-refractivity contribution in [1.82, 2.24) is 10.2 Å². The Morgan fingerprint density at radius 2 is 2.13 bits per heavy atom. The third-order valence-electron chi connectivity index (χ3n) is 3.90. The van der Waals surface area contributed by atoms with Crippen LogP contribution in [0, 0.1) is 5.92 Å². The first-order chi connectivity index (χ1) is 11.2. The van der Waals surface area contributed by atoms with Crippen molar-refractivity contribution in [2.24, 2.45) is 10.9 Å². The van der Waals surface area contributed by atoms with Crippen LogP contribution < -0.4 is 5.32 Å². The number of guanidine groups is 1. The normalized spacial score (nSPS) is 18.3. The van der Waals surface area contributed by atoms with Gasteiger partial charge >= 0.3 is 5.97 Å². The number of nitrogens with one attached hydrogen (secondary N) is 1. The van der Waals surface area contributed by atoms with Crippen LogP contribution in [-0.2, 0) is 19.0 Å². The first-order valence-electron chi connectivity index (χ1n) is 8.30. The molecule has 0 radical (unpaired) electrons. The lowest BCUT2D eigenvalue weighted by molar-refractivity contribution is -0.140. The van der Waals surface area contributed by atoms with Crippen LogP contribution in [0.15, 0.2) is 4.99 Å². The molecule has 1 N–H and O–H groups in total. The Kier molecular flexibility index (Phi) is 10.4. The van der Waals surface area contributed by atoms with Gasteiger partial charge in [0.05, 0.1) is 26.9 Å². The predicted molar refractivity (Wildman–Crippen MR) is 89.6 cm³/mol. The van der Waals surface area contributed by atoms with Crippen LogP contribution in [0.5, 0.6) is 0 Å². The van der Waals surface area contributed by atoms with Gasteiger partial charge in [-0.05, 0) is 19.3 Å². The zero-order valence-corrected chi connectivity index (χ0v) is 14.7. The lowest BCUT2D eigenvalue weighted by Gasteiger charge is -2.21. The largest absolute Gasteiger partial charge is 0.469 e. The molecule has 1 rings (SSSR count). The van der Waals surface area contributed by atoms with Gasteiger partial charge in [-0.1, -0.05) is 0 Å². The highest BCUT2D eigenvalue weighted by atomic mass is 16.5. The number of unbranched alkanes of at least 4 members (excludes halogenated alkanes) is 1. The van der Waals surface area contributed by atoms with E-state index in [0.29, 0.717) is 25.6 Å². The quantitative estimate of drug-likeness (QED) is 0.278. The number of likely N-dealkylation sites (tertiary alicyclic amines) is 1. The Morgan fingerprint density at radius 1 is 1.30 bits per heavy atom. The maximum absolute atomic E-state index is 11.0. The third kappa shape index (κ3) is 8.18. The first kappa shape index (κ1) is 19.7. The van der Waals surface area contributed by atoms with Crippen molar-refractivity contribution in [2.75, 3.05) is 60.7 Å². The van der Waals surface area contributed by atoms with E-state index in [1.165, 1.54) is 7.11 Å². The summed E-state index contributed by atoms with van der Waals surface area (Å²) < 4.78 is 15.2. The van der Waals surface area contributed by atoms with Crippen LogP contribution in [0.2, 0.25) is 0 Å². The summed E-state index contributed by atoms with van der Waals surface area (Å²) in [4.78, 5) is 17.7. The number of methoxy groups -OCH3 is 2. The molecule has 134 valence electrons. The van der Waals surface area contributed by atoms with E-state index in [2.05, 4.69) is 19.9 Å². The molecular formula is C16H31N3O4. The van der Waals surface area contributed by atoms with Gasteiger partial charge in [0, 0.05) is 46.1 Å². The molecule has 7 heteroatoms. The van der Waals surface area contributed by atoms with E-state index in [9.17, 15) is 4.79 Å². The van der Waals surface area contributed by atoms with Gasteiger partial charge in [0.15, 0.2) is 5.96 Å². The van der Waals surface area contributed by atoms with Crippen molar-refractivity contribution in [1.29, 1.82) is 0 Å². The fourth-order valence-electron chi connectivity index (χ4n) is 2.58. The zero-order chi connectivity index (χ0) is 16.9. The molecule has 7 nitrogen and oxygen atoms in total. The monoisotopic (exact) mass is 329 g/mol. The van der Waals surface area contributed by atoms with Crippen LogP contribution in [0.4, 0.5) is 0 Å². The van der Waals surface area contributed by atoms with Crippen molar-refractivity contribution in [3.8, 4) is 0 Å². The Morgan fingerprint density at radius 3 is 2.83 bits per heavy atom. The van der Waals surface area contributed by atoms with Crippen molar-refractivity contribution in [3.05, 3.63) is 0 Å². The van der Waals surface area contributed by atoms with E-state index in [4.69, 9.17) is 9.47 Å². The van der Waals surface area contributed by atoms with E-state index in [-0.39, 0.29) is 5.97 Å². The Balaban J connectivity index is 2.16. The molecule has 1 saturated heterocycles. The molecule has 1 aliphatic rings. The maximum atomic E-state index is 11.0. The zero-order valence-electron chi connectivity index (χ0n) is 14.7. The summed E-state index contributed by atoms with van der Waals surface area (Å²) in [5.41, 5.74) is 0. The smallest absolute Gasteiger partial charge is 0.305 e. The lowest BCUT2D eigenvalue weighted by atomic mass is 10.1. The molecule has 23 heavy (non-hydrogen) atoms. The molecule has 1 atom stereocenters. The van der Waals surface area contributed by atoms with E-state index >= 15 is 0 Å². The van der Waals surface area contributed by atoms with Gasteiger partial charge in [0.1, 0.15) is 0 Å². The highest BCUT2D eigenvalue weighted by molar-refractivity contribution is 5.80. The Bertz CT molecular complexity index is 363. The lowest BCUT2D eigenvalue weighted by Crippen LogP contribution is -2.40. The number of esters is 1. The molecule has 1 aliphatic heterocycles. The van der Waals surface area contributed by atoms with Gasteiger partial charge in [-0.15, -0.1) is 0 Å². The fraction of sp³-hybridized carbons (Fsp3) is 0.875. The molecule has 1 unspecified atom stereocenters. The van der Waals surface area contributed by atoms with Gasteiger partial charge in [-0.2, -0.15) is 0 Å². The molecule has 0 aromatic carbocycles. The van der Waals surface area contributed by atoms with Gasteiger partial charge in [-0.3, -0.25) is 9.79 Å². The molecule has 0 saturated carbocycles. The van der Waals surface area contributed by atoms with Gasteiger partial charge in [0.25, 0.3) is 0 Å². The Labute approximate surface area is 139 Å². The third-order valence-corrected chi connectivity index (χ3v) is 3.90. The number of nitrogens with zero attached hydrogens (tertiary/aromatic N) is 2. The predicted octanol–water partition coefficient (Wildman–Crippen LogP) is 0.890. The number of carbonyl (C=O) groups is 1. The van der Waals surface area contributed by atoms with Gasteiger partial charge in [-0.25, -0.2) is 0 Å². The molecule has 0 spiro atoms. The van der Waals surface area contributed by atoms with Crippen LogP contribution in [0.3, 0.4) is 0 Å². The second-order valence-corrected chi connectivity index (χ2v) is 5.68. The Hall–Kier alpha value is -1.34. The van der Waals surface area contributed by atoms with E-state index in [1.807, 2.05) is 0 Å². The average molecular weight is 329 g/mol. The maximum Gasteiger partial charge on any atom is 0.305 e. The number of rotatable bonds is 10. The van der Waals surface area contributed by atoms with Crippen LogP contribution in [0.25, 0.3) is 0 Å². The fourth-order valence-corrected chi connectivity index (χ4v) is 2.58. The highest BCUT2D eigenvalue weighted by Crippen LogP contribution is 2.16. The van der Waals surface area contributed by atoms with E-state index in [0.717, 1.165) is 51.5 Å². The second-order valence-electron chi connectivity index (χ2n) is 5.68. The summed E-state index contributed by atoms with van der Waals surface area (Å²) in [6.45, 7) is 4.85. The summed E-state index contributed by atoms with van der Waals surface area (Å²) in [5, 5.41) is 3.36. The van der Waals surface area contributed by atoms with Crippen LogP contribution in [0.1, 0.15) is 25.7 Å². The molecular weight excluding hydrogens is 298 g/mol. The molecule has 1 heterocycles. The number of aliphatic imine (C=N–C) groups is 1. The molecule has 0 aromatic rings. The van der Waals surface area contributed by atoms with E-state index < -0.39 is 0 Å². The topological polar surface area (TPSA) is 72.4 Å². The SMILES string of the molecule is CN=C(NCCCCC(=O)OC)N1CCC(COCCOC)C1. The highest BCUT2D eigenvalue weighted by Gasteiger charge is 2.24. The minimum atomic E-state index is -0.148. The summed E-state index contributed by atoms with van der Waals surface area (Å²) in [6, 6.07) is 0. The first-order valence-corrected chi connectivity index (χ1v) is 8.30. The summed E-state index contributed by atoms with van der Waals surface area (Å²) in [5.74, 6) is 1.33. The summed E-state index contributed by atoms with van der Waals surface area (Å²) in [6.07, 6.45) is 3.34. The molecule has 0 aliphatic carbocycles. The van der Waals surface area contributed by atoms with Crippen LogP contribution in [-0.4, -0.2) is 77.6 Å². The minimum Gasteiger partial charge on any atom is -0.469 e. The summed E-state index contributed by atoms with van der Waals surface area (Å²) in [7, 11) is 4.91. The molecule has 0 aromatic heterocycles. The second kappa shape index (κ2) is 12.1. The minimum absolute atomic E-state index is 0.148. The van der Waals surface area contributed by atoms with Gasteiger partial charge < -0.3 is 24.4 Å².